The zero-order valence-corrected chi connectivity index (χ0v) is 10.7. The molecule has 16 heavy (non-hydrogen) atoms. The Kier molecular flexibility index (Phi) is 3.79. The molecule has 0 spiro atoms. The average molecular weight is 263 g/mol. The van der Waals surface area contributed by atoms with Crippen LogP contribution in [0.3, 0.4) is 0 Å². The summed E-state index contributed by atoms with van der Waals surface area (Å²) in [6, 6.07) is 0. The van der Waals surface area contributed by atoms with E-state index in [0.29, 0.717) is 23.9 Å². The van der Waals surface area contributed by atoms with Crippen molar-refractivity contribution in [3.63, 3.8) is 0 Å². The van der Waals surface area contributed by atoms with Crippen molar-refractivity contribution in [3.05, 3.63) is 16.9 Å². The van der Waals surface area contributed by atoms with E-state index in [2.05, 4.69) is 5.10 Å². The van der Waals surface area contributed by atoms with Crippen LogP contribution in [0.25, 0.3) is 0 Å². The fourth-order valence-corrected chi connectivity index (χ4v) is 3.48. The Labute approximate surface area is 104 Å². The second-order valence-corrected chi connectivity index (χ2v) is 5.40. The molecule has 0 radical (unpaired) electrons. The first-order chi connectivity index (χ1) is 7.67. The quantitative estimate of drug-likeness (QED) is 0.894. The van der Waals surface area contributed by atoms with Gasteiger partial charge in [-0.3, -0.25) is 4.68 Å². The number of aromatic nitrogens is 2. The molecule has 0 saturated carbocycles. The first kappa shape index (κ1) is 12.2. The lowest BCUT2D eigenvalue weighted by atomic mass is 9.99. The number of thioether (sulfide) groups is 1. The maximum Gasteiger partial charge on any atom is 0.117 e. The zero-order valence-electron chi connectivity index (χ0n) is 9.15. The Bertz CT molecular complexity index is 364. The average Bonchev–Trinajstić information content (AvgIpc) is 2.83. The summed E-state index contributed by atoms with van der Waals surface area (Å²) >= 11 is 7.84. The highest BCUT2D eigenvalue weighted by Crippen LogP contribution is 2.39. The van der Waals surface area contributed by atoms with E-state index in [1.165, 1.54) is 0 Å². The van der Waals surface area contributed by atoms with Gasteiger partial charge in [0.05, 0.1) is 30.1 Å². The monoisotopic (exact) mass is 262 g/mol. The molecule has 1 aromatic rings. The maximum atomic E-state index is 10.5. The van der Waals surface area contributed by atoms with Gasteiger partial charge in [0.25, 0.3) is 0 Å². The molecule has 1 N–H and O–H groups in total. The van der Waals surface area contributed by atoms with Crippen LogP contribution in [0.15, 0.2) is 6.20 Å². The van der Waals surface area contributed by atoms with Crippen LogP contribution in [0.2, 0.25) is 5.02 Å². The number of aliphatic hydroxyl groups is 1. The van der Waals surface area contributed by atoms with Gasteiger partial charge < -0.3 is 9.84 Å². The van der Waals surface area contributed by atoms with Gasteiger partial charge in [0, 0.05) is 12.9 Å². The first-order valence-electron chi connectivity index (χ1n) is 5.18. The summed E-state index contributed by atoms with van der Waals surface area (Å²) in [5.74, 6) is 1.65. The molecule has 2 rings (SSSR count). The number of hydrogen-bond donors (Lipinski definition) is 1. The predicted octanol–water partition coefficient (Wildman–Crippen LogP) is 1.51. The molecule has 0 aliphatic carbocycles. The normalized spacial score (nSPS) is 25.2. The van der Waals surface area contributed by atoms with Crippen molar-refractivity contribution >= 4 is 23.4 Å². The lowest BCUT2D eigenvalue weighted by molar-refractivity contribution is 0.0540. The molecule has 6 heteroatoms. The van der Waals surface area contributed by atoms with Crippen molar-refractivity contribution < 1.29 is 9.84 Å². The number of halogens is 1. The van der Waals surface area contributed by atoms with Gasteiger partial charge >= 0.3 is 0 Å². The molecule has 2 heterocycles. The summed E-state index contributed by atoms with van der Waals surface area (Å²) in [7, 11) is 1.64. The highest BCUT2D eigenvalue weighted by molar-refractivity contribution is 7.99. The number of hydrogen-bond acceptors (Lipinski definition) is 4. The van der Waals surface area contributed by atoms with Crippen molar-refractivity contribution in [1.82, 2.24) is 9.78 Å². The van der Waals surface area contributed by atoms with Crippen molar-refractivity contribution in [2.24, 2.45) is 0 Å². The third-order valence-corrected chi connectivity index (χ3v) is 4.19. The maximum absolute atomic E-state index is 10.5. The van der Waals surface area contributed by atoms with Crippen molar-refractivity contribution in [3.8, 4) is 0 Å². The molecule has 1 aliphatic rings. The Hall–Kier alpha value is -0.230. The fourth-order valence-electron chi connectivity index (χ4n) is 1.91. The van der Waals surface area contributed by atoms with Gasteiger partial charge in [-0.1, -0.05) is 11.6 Å². The van der Waals surface area contributed by atoms with Crippen LogP contribution in [-0.4, -0.2) is 40.1 Å². The Morgan fingerprint density at radius 3 is 3.19 bits per heavy atom. The Balaban J connectivity index is 2.27. The van der Waals surface area contributed by atoms with Crippen molar-refractivity contribution in [2.45, 2.75) is 18.6 Å². The third kappa shape index (κ3) is 2.22. The topological polar surface area (TPSA) is 47.3 Å². The molecule has 1 aliphatic heterocycles. The van der Waals surface area contributed by atoms with E-state index < -0.39 is 5.60 Å². The summed E-state index contributed by atoms with van der Waals surface area (Å²) in [6.07, 6.45) is 2.32. The second-order valence-electron chi connectivity index (χ2n) is 3.89. The summed E-state index contributed by atoms with van der Waals surface area (Å²) in [5, 5.41) is 15.2. The Morgan fingerprint density at radius 1 is 1.75 bits per heavy atom. The van der Waals surface area contributed by atoms with Gasteiger partial charge in [0.2, 0.25) is 0 Å². The number of ether oxygens (including phenoxy) is 1. The molecule has 0 amide bonds. The molecule has 90 valence electrons. The minimum atomic E-state index is -0.827. The fraction of sp³-hybridized carbons (Fsp3) is 0.700. The van der Waals surface area contributed by atoms with Crippen LogP contribution < -0.4 is 0 Å². The number of rotatable bonds is 4. The predicted molar refractivity (Wildman–Crippen MR) is 65.0 cm³/mol. The van der Waals surface area contributed by atoms with Crippen LogP contribution in [0.5, 0.6) is 0 Å². The molecule has 0 bridgehead atoms. The first-order valence-corrected chi connectivity index (χ1v) is 6.71. The van der Waals surface area contributed by atoms with Crippen molar-refractivity contribution in [1.29, 1.82) is 0 Å². The molecular formula is C10H15ClN2O2S. The molecule has 1 saturated heterocycles. The molecule has 1 atom stereocenters. The molecule has 1 aromatic heterocycles. The van der Waals surface area contributed by atoms with Crippen molar-refractivity contribution in [2.75, 3.05) is 25.2 Å². The summed E-state index contributed by atoms with van der Waals surface area (Å²) in [5.41, 5.74) is -0.0948. The van der Waals surface area contributed by atoms with Crippen LogP contribution in [0, 0.1) is 0 Å². The van der Waals surface area contributed by atoms with E-state index in [-0.39, 0.29) is 0 Å². The smallest absolute Gasteiger partial charge is 0.117 e. The molecular weight excluding hydrogens is 248 g/mol. The van der Waals surface area contributed by atoms with Gasteiger partial charge in [-0.2, -0.15) is 16.9 Å². The van der Waals surface area contributed by atoms with Crippen LogP contribution in [-0.2, 0) is 16.9 Å². The van der Waals surface area contributed by atoms with E-state index in [9.17, 15) is 5.11 Å². The molecule has 1 fully saturated rings. The summed E-state index contributed by atoms with van der Waals surface area (Å²) in [4.78, 5) is 0. The highest BCUT2D eigenvalue weighted by Gasteiger charge is 2.38. The number of nitrogens with zero attached hydrogens (tertiary/aromatic N) is 2. The summed E-state index contributed by atoms with van der Waals surface area (Å²) < 4.78 is 6.76. The van der Waals surface area contributed by atoms with Crippen LogP contribution in [0.1, 0.15) is 12.1 Å². The van der Waals surface area contributed by atoms with Gasteiger partial charge in [-0.15, -0.1) is 0 Å². The van der Waals surface area contributed by atoms with Gasteiger partial charge in [0.15, 0.2) is 0 Å². The molecule has 0 aromatic carbocycles. The van der Waals surface area contributed by atoms with Crippen LogP contribution in [0.4, 0.5) is 0 Å². The Morgan fingerprint density at radius 2 is 2.56 bits per heavy atom. The minimum absolute atomic E-state index is 0.543. The third-order valence-electron chi connectivity index (χ3n) is 2.74. The SMILES string of the molecule is COCCn1ncc(Cl)c1C1(O)CCSC1. The minimum Gasteiger partial charge on any atom is -0.383 e. The zero-order chi connectivity index (χ0) is 11.6. The lowest BCUT2D eigenvalue weighted by Crippen LogP contribution is -2.29. The van der Waals surface area contributed by atoms with E-state index in [1.54, 1.807) is 29.8 Å². The molecule has 4 nitrogen and oxygen atoms in total. The highest BCUT2D eigenvalue weighted by atomic mass is 35.5. The van der Waals surface area contributed by atoms with E-state index in [1.807, 2.05) is 0 Å². The van der Waals surface area contributed by atoms with Crippen LogP contribution >= 0.6 is 23.4 Å². The van der Waals surface area contributed by atoms with Gasteiger partial charge in [-0.05, 0) is 12.2 Å². The molecule has 1 unspecified atom stereocenters. The van der Waals surface area contributed by atoms with Gasteiger partial charge in [-0.25, -0.2) is 0 Å². The second kappa shape index (κ2) is 4.96. The summed E-state index contributed by atoms with van der Waals surface area (Å²) in [6.45, 7) is 1.18. The van der Waals surface area contributed by atoms with E-state index >= 15 is 0 Å². The number of methoxy groups -OCH3 is 1. The van der Waals surface area contributed by atoms with E-state index in [4.69, 9.17) is 16.3 Å². The lowest BCUT2D eigenvalue weighted by Gasteiger charge is -2.23. The van der Waals surface area contributed by atoms with Gasteiger partial charge in [0.1, 0.15) is 5.60 Å². The largest absolute Gasteiger partial charge is 0.383 e. The standard InChI is InChI=1S/C10H15ClN2O2S/c1-15-4-3-13-9(8(11)6-12-13)10(14)2-5-16-7-10/h6,14H,2-5,7H2,1H3. The van der Waals surface area contributed by atoms with E-state index in [0.717, 1.165) is 17.9 Å².